The molecule has 0 heterocycles. The first-order valence-corrected chi connectivity index (χ1v) is 8.31. The van der Waals surface area contributed by atoms with Crippen molar-refractivity contribution in [2.24, 2.45) is 0 Å². The zero-order chi connectivity index (χ0) is 15.8. The van der Waals surface area contributed by atoms with Gasteiger partial charge in [0, 0.05) is 12.6 Å². The smallest absolute Gasteiger partial charge is 0.339 e. The number of rotatable bonds is 6. The average molecular weight is 313 g/mol. The van der Waals surface area contributed by atoms with Crippen LogP contribution in [0.3, 0.4) is 0 Å². The second-order valence-electron chi connectivity index (χ2n) is 5.29. The molecule has 1 aliphatic carbocycles. The normalized spacial score (nSPS) is 15.4. The van der Waals surface area contributed by atoms with Gasteiger partial charge in [0.05, 0.1) is 4.90 Å². The van der Waals surface area contributed by atoms with Crippen molar-refractivity contribution in [1.29, 1.82) is 0 Å². The molecule has 7 heteroatoms. The fourth-order valence-corrected chi connectivity index (χ4v) is 4.34. The molecule has 1 saturated carbocycles. The van der Waals surface area contributed by atoms with E-state index in [1.807, 2.05) is 6.92 Å². The first kappa shape index (κ1) is 15.8. The number of hydrogen-bond donors (Lipinski definition) is 2. The summed E-state index contributed by atoms with van der Waals surface area (Å²) in [7, 11) is -3.74. The molecular formula is C14H19NO5S. The predicted molar refractivity (Wildman–Crippen MR) is 77.0 cm³/mol. The summed E-state index contributed by atoms with van der Waals surface area (Å²) in [6.07, 6.45) is 2.36. The number of aryl methyl sites for hydroxylation is 1. The molecule has 2 rings (SSSR count). The molecule has 0 amide bonds. The van der Waals surface area contributed by atoms with E-state index >= 15 is 0 Å². The Morgan fingerprint density at radius 1 is 1.38 bits per heavy atom. The van der Waals surface area contributed by atoms with Gasteiger partial charge in [-0.2, -0.15) is 4.31 Å². The summed E-state index contributed by atoms with van der Waals surface area (Å²) in [4.78, 5) is 11.0. The number of sulfonamides is 1. The van der Waals surface area contributed by atoms with Crippen LogP contribution in [0, 0.1) is 6.92 Å². The van der Waals surface area contributed by atoms with Gasteiger partial charge >= 0.3 is 5.97 Å². The third-order valence-electron chi connectivity index (χ3n) is 3.51. The van der Waals surface area contributed by atoms with Crippen LogP contribution in [0.4, 0.5) is 0 Å². The fraction of sp³-hybridized carbons (Fsp3) is 0.500. The maximum absolute atomic E-state index is 12.8. The van der Waals surface area contributed by atoms with Gasteiger partial charge in [0.25, 0.3) is 0 Å². The van der Waals surface area contributed by atoms with Crippen molar-refractivity contribution < 1.29 is 23.4 Å². The van der Waals surface area contributed by atoms with Crippen LogP contribution in [0.2, 0.25) is 0 Å². The second-order valence-corrected chi connectivity index (χ2v) is 7.15. The average Bonchev–Trinajstić information content (AvgIpc) is 3.18. The Balaban J connectivity index is 2.53. The highest BCUT2D eigenvalue weighted by Crippen LogP contribution is 2.34. The van der Waals surface area contributed by atoms with Crippen LogP contribution in [0.1, 0.15) is 42.1 Å². The van der Waals surface area contributed by atoms with Gasteiger partial charge in [-0.15, -0.1) is 0 Å². The number of carboxylic acids is 1. The van der Waals surface area contributed by atoms with Crippen molar-refractivity contribution in [3.8, 4) is 5.75 Å². The fourth-order valence-electron chi connectivity index (χ4n) is 2.33. The van der Waals surface area contributed by atoms with E-state index in [0.717, 1.165) is 18.9 Å². The number of aromatic carboxylic acids is 1. The van der Waals surface area contributed by atoms with Gasteiger partial charge < -0.3 is 10.2 Å². The number of nitrogens with zero attached hydrogens (tertiary/aromatic N) is 1. The van der Waals surface area contributed by atoms with Crippen molar-refractivity contribution >= 4 is 16.0 Å². The zero-order valence-corrected chi connectivity index (χ0v) is 12.9. The molecule has 2 N–H and O–H groups in total. The van der Waals surface area contributed by atoms with Crippen LogP contribution >= 0.6 is 0 Å². The summed E-state index contributed by atoms with van der Waals surface area (Å²) in [5.41, 5.74) is -0.0503. The Morgan fingerprint density at radius 3 is 2.48 bits per heavy atom. The van der Waals surface area contributed by atoms with Gasteiger partial charge in [-0.3, -0.25) is 0 Å². The van der Waals surface area contributed by atoms with E-state index in [1.165, 1.54) is 10.4 Å². The molecule has 1 aromatic carbocycles. The lowest BCUT2D eigenvalue weighted by Crippen LogP contribution is -2.34. The highest BCUT2D eigenvalue weighted by Gasteiger charge is 2.38. The summed E-state index contributed by atoms with van der Waals surface area (Å²) in [6.45, 7) is 3.86. The van der Waals surface area contributed by atoms with E-state index in [-0.39, 0.29) is 10.9 Å². The van der Waals surface area contributed by atoms with Crippen LogP contribution in [0.5, 0.6) is 5.75 Å². The monoisotopic (exact) mass is 313 g/mol. The van der Waals surface area contributed by atoms with Gasteiger partial charge in [-0.05, 0) is 43.9 Å². The summed E-state index contributed by atoms with van der Waals surface area (Å²) in [5, 5.41) is 18.7. The van der Waals surface area contributed by atoms with Gasteiger partial charge in [0.1, 0.15) is 11.3 Å². The Bertz CT molecular complexity index is 664. The molecule has 21 heavy (non-hydrogen) atoms. The van der Waals surface area contributed by atoms with E-state index in [2.05, 4.69) is 0 Å². The summed E-state index contributed by atoms with van der Waals surface area (Å²) < 4.78 is 27.0. The molecule has 1 aliphatic rings. The first-order valence-electron chi connectivity index (χ1n) is 6.87. The van der Waals surface area contributed by atoms with Crippen molar-refractivity contribution in [1.82, 2.24) is 4.31 Å². The summed E-state index contributed by atoms with van der Waals surface area (Å²) in [5.74, 6) is -1.77. The van der Waals surface area contributed by atoms with Gasteiger partial charge in [0.2, 0.25) is 10.0 Å². The van der Waals surface area contributed by atoms with Crippen molar-refractivity contribution in [2.75, 3.05) is 6.54 Å². The summed E-state index contributed by atoms with van der Waals surface area (Å²) >= 11 is 0. The Kier molecular flexibility index (Phi) is 4.25. The van der Waals surface area contributed by atoms with E-state index in [4.69, 9.17) is 5.11 Å². The number of benzene rings is 1. The van der Waals surface area contributed by atoms with Crippen LogP contribution in [-0.4, -0.2) is 41.5 Å². The first-order chi connectivity index (χ1) is 9.78. The molecule has 6 nitrogen and oxygen atoms in total. The van der Waals surface area contributed by atoms with E-state index in [1.54, 1.807) is 6.92 Å². The molecule has 0 aliphatic heterocycles. The number of hydrogen-bond acceptors (Lipinski definition) is 4. The lowest BCUT2D eigenvalue weighted by Gasteiger charge is -2.22. The quantitative estimate of drug-likeness (QED) is 0.837. The number of carboxylic acid groups (broad SMARTS) is 1. The minimum absolute atomic E-state index is 0.0106. The van der Waals surface area contributed by atoms with Crippen LogP contribution in [0.25, 0.3) is 0 Å². The number of phenols is 1. The third-order valence-corrected chi connectivity index (χ3v) is 5.60. The molecule has 0 atom stereocenters. The molecule has 1 aromatic rings. The van der Waals surface area contributed by atoms with E-state index in [9.17, 15) is 18.3 Å². The highest BCUT2D eigenvalue weighted by molar-refractivity contribution is 7.89. The summed E-state index contributed by atoms with van der Waals surface area (Å²) in [6, 6.07) is 2.25. The molecule has 0 aromatic heterocycles. The topological polar surface area (TPSA) is 94.9 Å². The lowest BCUT2D eigenvalue weighted by molar-refractivity contribution is 0.0693. The molecule has 1 fully saturated rings. The Hall–Kier alpha value is -1.60. The molecule has 0 radical (unpaired) electrons. The van der Waals surface area contributed by atoms with E-state index < -0.39 is 27.3 Å². The maximum atomic E-state index is 12.8. The largest absolute Gasteiger partial charge is 0.507 e. The Labute approximate surface area is 124 Å². The minimum Gasteiger partial charge on any atom is -0.507 e. The van der Waals surface area contributed by atoms with Gasteiger partial charge in [0.15, 0.2) is 0 Å². The van der Waals surface area contributed by atoms with E-state index in [0.29, 0.717) is 18.5 Å². The van der Waals surface area contributed by atoms with Crippen LogP contribution in [-0.2, 0) is 10.0 Å². The zero-order valence-electron chi connectivity index (χ0n) is 12.0. The number of aromatic hydroxyl groups is 1. The molecule has 116 valence electrons. The number of carbonyl (C=O) groups is 1. The molecule has 0 bridgehead atoms. The standard InChI is InChI=1S/C14H19NO5S/c1-3-6-15(10-4-5-10)21(19,20)13-8-11(14(17)18)12(16)7-9(13)2/h7-8,10,16H,3-6H2,1-2H3,(H,17,18). The van der Waals surface area contributed by atoms with Crippen molar-refractivity contribution in [3.63, 3.8) is 0 Å². The SMILES string of the molecule is CCCN(C1CC1)S(=O)(=O)c1cc(C(=O)O)c(O)cc1C. The Morgan fingerprint density at radius 2 is 2.00 bits per heavy atom. The lowest BCUT2D eigenvalue weighted by atomic mass is 10.1. The third kappa shape index (κ3) is 3.03. The minimum atomic E-state index is -3.74. The van der Waals surface area contributed by atoms with Crippen molar-refractivity contribution in [3.05, 3.63) is 23.3 Å². The van der Waals surface area contributed by atoms with Crippen LogP contribution < -0.4 is 0 Å². The molecule has 0 spiro atoms. The van der Waals surface area contributed by atoms with Gasteiger partial charge in [-0.1, -0.05) is 6.92 Å². The van der Waals surface area contributed by atoms with Crippen LogP contribution in [0.15, 0.2) is 17.0 Å². The van der Waals surface area contributed by atoms with Crippen molar-refractivity contribution in [2.45, 2.75) is 44.0 Å². The molecule has 0 unspecified atom stereocenters. The highest BCUT2D eigenvalue weighted by atomic mass is 32.2. The molecule has 0 saturated heterocycles. The second kappa shape index (κ2) is 5.65. The molecular weight excluding hydrogens is 294 g/mol. The maximum Gasteiger partial charge on any atom is 0.339 e. The predicted octanol–water partition coefficient (Wildman–Crippen LogP) is 1.96. The van der Waals surface area contributed by atoms with Gasteiger partial charge in [-0.25, -0.2) is 13.2 Å².